The zero-order chi connectivity index (χ0) is 23.2. The summed E-state index contributed by atoms with van der Waals surface area (Å²) in [6.07, 6.45) is 2.16. The van der Waals surface area contributed by atoms with Crippen LogP contribution in [0.4, 0.5) is 5.69 Å². The Bertz CT molecular complexity index is 1200. The van der Waals surface area contributed by atoms with Gasteiger partial charge in [-0.1, -0.05) is 18.2 Å². The number of rotatable bonds is 7. The largest absolute Gasteiger partial charge is 0.378 e. The van der Waals surface area contributed by atoms with Crippen LogP contribution in [0.1, 0.15) is 24.5 Å². The third kappa shape index (κ3) is 4.47. The van der Waals surface area contributed by atoms with Crippen LogP contribution in [0.3, 0.4) is 0 Å². The molecular formula is C24H31N5O2S2. The van der Waals surface area contributed by atoms with E-state index in [-0.39, 0.29) is 6.04 Å². The zero-order valence-corrected chi connectivity index (χ0v) is 20.9. The van der Waals surface area contributed by atoms with Gasteiger partial charge in [0, 0.05) is 63.1 Å². The lowest BCUT2D eigenvalue weighted by Crippen LogP contribution is -2.56. The van der Waals surface area contributed by atoms with E-state index in [1.165, 1.54) is 22.7 Å². The van der Waals surface area contributed by atoms with Crippen LogP contribution in [-0.2, 0) is 17.1 Å². The number of thiophene rings is 1. The highest BCUT2D eigenvalue weighted by Gasteiger charge is 2.42. The Labute approximate surface area is 200 Å². The maximum absolute atomic E-state index is 12.5. The monoisotopic (exact) mass is 485 g/mol. The fourth-order valence-electron chi connectivity index (χ4n) is 5.28. The van der Waals surface area contributed by atoms with Crippen molar-refractivity contribution in [3.8, 4) is 11.3 Å². The Balaban J connectivity index is 1.28. The van der Waals surface area contributed by atoms with Crippen LogP contribution in [0.25, 0.3) is 11.3 Å². The van der Waals surface area contributed by atoms with Crippen LogP contribution in [0.2, 0.25) is 0 Å². The van der Waals surface area contributed by atoms with E-state index >= 15 is 0 Å². The van der Waals surface area contributed by atoms with Gasteiger partial charge >= 0.3 is 0 Å². The molecule has 2 bridgehead atoms. The Kier molecular flexibility index (Phi) is 6.07. The van der Waals surface area contributed by atoms with Crippen molar-refractivity contribution in [1.29, 1.82) is 0 Å². The van der Waals surface area contributed by atoms with E-state index in [9.17, 15) is 8.42 Å². The molecule has 6 rings (SSSR count). The number of benzene rings is 1. The van der Waals surface area contributed by atoms with Gasteiger partial charge in [-0.05, 0) is 54.9 Å². The molecular weight excluding hydrogens is 454 g/mol. The highest BCUT2D eigenvalue weighted by Crippen LogP contribution is 2.42. The number of piperidine rings is 3. The lowest BCUT2D eigenvalue weighted by atomic mass is 9.74. The third-order valence-corrected chi connectivity index (χ3v) is 9.94. The number of hydrogen-bond acceptors (Lipinski definition) is 6. The number of nitrogens with zero attached hydrogens (tertiary/aromatic N) is 4. The molecule has 3 fully saturated rings. The van der Waals surface area contributed by atoms with Crippen LogP contribution in [0.15, 0.2) is 52.1 Å². The van der Waals surface area contributed by atoms with Crippen molar-refractivity contribution in [3.05, 3.63) is 53.5 Å². The van der Waals surface area contributed by atoms with Gasteiger partial charge in [0.25, 0.3) is 0 Å². The van der Waals surface area contributed by atoms with Crippen molar-refractivity contribution in [2.24, 2.45) is 13.0 Å². The minimum absolute atomic E-state index is 0.251. The first-order chi connectivity index (χ1) is 15.8. The fraction of sp³-hybridized carbons (Fsp3) is 0.458. The quantitative estimate of drug-likeness (QED) is 0.556. The number of hydrogen-bond donors (Lipinski definition) is 1. The number of aromatic nitrogens is 2. The van der Waals surface area contributed by atoms with Gasteiger partial charge in [-0.2, -0.15) is 5.10 Å². The minimum atomic E-state index is -3.42. The molecule has 0 saturated carbocycles. The van der Waals surface area contributed by atoms with Crippen LogP contribution in [0.5, 0.6) is 0 Å². The molecule has 9 heteroatoms. The summed E-state index contributed by atoms with van der Waals surface area (Å²) in [6, 6.07) is 14.4. The first-order valence-corrected chi connectivity index (χ1v) is 13.8. The van der Waals surface area contributed by atoms with Crippen molar-refractivity contribution in [3.63, 3.8) is 0 Å². The van der Waals surface area contributed by atoms with E-state index in [1.807, 2.05) is 25.8 Å². The number of aryl methyl sites for hydroxylation is 1. The van der Waals surface area contributed by atoms with Crippen LogP contribution >= 0.6 is 11.3 Å². The molecule has 3 aliphatic rings. The summed E-state index contributed by atoms with van der Waals surface area (Å²) in [7, 11) is 2.71. The van der Waals surface area contributed by atoms with Crippen LogP contribution in [-0.4, -0.2) is 62.9 Å². The van der Waals surface area contributed by atoms with Crippen molar-refractivity contribution >= 4 is 27.0 Å². The Morgan fingerprint density at radius 1 is 1.21 bits per heavy atom. The van der Waals surface area contributed by atoms with Crippen molar-refractivity contribution in [2.45, 2.75) is 29.0 Å². The van der Waals surface area contributed by atoms with Crippen molar-refractivity contribution < 1.29 is 8.42 Å². The summed E-state index contributed by atoms with van der Waals surface area (Å²) in [5.74, 6) is 0.974. The Morgan fingerprint density at radius 2 is 2.00 bits per heavy atom. The Hall–Kier alpha value is -2.20. The first kappa shape index (κ1) is 22.6. The fourth-order valence-corrected chi connectivity index (χ4v) is 7.39. The molecule has 1 N–H and O–H groups in total. The molecule has 7 nitrogen and oxygen atoms in total. The molecule has 176 valence electrons. The van der Waals surface area contributed by atoms with E-state index < -0.39 is 10.0 Å². The summed E-state index contributed by atoms with van der Waals surface area (Å²) in [4.78, 5) is 4.55. The second-order valence-corrected chi connectivity index (χ2v) is 12.3. The second kappa shape index (κ2) is 8.87. The molecule has 0 spiro atoms. The third-order valence-electron chi connectivity index (χ3n) is 7.12. The first-order valence-electron chi connectivity index (χ1n) is 11.4. The van der Waals surface area contributed by atoms with Crippen LogP contribution in [0, 0.1) is 5.92 Å². The average molecular weight is 486 g/mol. The molecule has 0 aliphatic carbocycles. The van der Waals surface area contributed by atoms with Gasteiger partial charge in [-0.15, -0.1) is 11.3 Å². The summed E-state index contributed by atoms with van der Waals surface area (Å²) in [5, 5.41) is 6.62. The zero-order valence-electron chi connectivity index (χ0n) is 19.3. The summed E-state index contributed by atoms with van der Waals surface area (Å²) in [6.45, 7) is 2.45. The summed E-state index contributed by atoms with van der Waals surface area (Å²) >= 11 is 1.26. The normalized spacial score (nSPS) is 24.8. The highest BCUT2D eigenvalue weighted by atomic mass is 32.2. The second-order valence-electron chi connectivity index (χ2n) is 9.34. The van der Waals surface area contributed by atoms with Gasteiger partial charge in [0.15, 0.2) is 0 Å². The number of anilines is 1. The van der Waals surface area contributed by atoms with Gasteiger partial charge < -0.3 is 4.90 Å². The predicted molar refractivity (Wildman–Crippen MR) is 133 cm³/mol. The smallest absolute Gasteiger partial charge is 0.250 e. The Morgan fingerprint density at radius 3 is 2.64 bits per heavy atom. The molecule has 4 atom stereocenters. The molecule has 0 radical (unpaired) electrons. The molecule has 5 heterocycles. The minimum Gasteiger partial charge on any atom is -0.378 e. The van der Waals surface area contributed by atoms with Gasteiger partial charge in [-0.25, -0.2) is 13.1 Å². The van der Waals surface area contributed by atoms with E-state index in [0.29, 0.717) is 22.6 Å². The molecule has 3 saturated heterocycles. The van der Waals surface area contributed by atoms with E-state index in [1.54, 1.807) is 17.5 Å². The molecule has 1 unspecified atom stereocenters. The van der Waals surface area contributed by atoms with Crippen molar-refractivity contribution in [2.75, 3.05) is 38.6 Å². The summed E-state index contributed by atoms with van der Waals surface area (Å²) in [5.41, 5.74) is 4.58. The highest BCUT2D eigenvalue weighted by molar-refractivity contribution is 7.91. The maximum Gasteiger partial charge on any atom is 0.250 e. The van der Waals surface area contributed by atoms with E-state index in [0.717, 1.165) is 37.2 Å². The molecule has 2 aromatic heterocycles. The average Bonchev–Trinajstić information content (AvgIpc) is 3.49. The lowest BCUT2D eigenvalue weighted by Gasteiger charge is -2.49. The van der Waals surface area contributed by atoms with Gasteiger partial charge in [-0.3, -0.25) is 9.58 Å². The van der Waals surface area contributed by atoms with Gasteiger partial charge in [0.05, 0.1) is 5.69 Å². The molecule has 1 aromatic carbocycles. The van der Waals surface area contributed by atoms with E-state index in [2.05, 4.69) is 44.9 Å². The van der Waals surface area contributed by atoms with Gasteiger partial charge in [0.1, 0.15) is 4.21 Å². The molecule has 3 aliphatic heterocycles. The molecule has 3 aromatic rings. The van der Waals surface area contributed by atoms with E-state index in [4.69, 9.17) is 5.10 Å². The maximum atomic E-state index is 12.5. The topological polar surface area (TPSA) is 70.5 Å². The number of sulfonamides is 1. The number of fused-ring (bicyclic) bond motifs is 3. The van der Waals surface area contributed by atoms with Crippen LogP contribution < -0.4 is 9.62 Å². The summed E-state index contributed by atoms with van der Waals surface area (Å²) < 4.78 is 30.3. The molecule has 0 amide bonds. The van der Waals surface area contributed by atoms with Crippen molar-refractivity contribution in [1.82, 2.24) is 19.4 Å². The molecule has 33 heavy (non-hydrogen) atoms. The number of nitrogens with one attached hydrogen (secondary N) is 1. The lowest BCUT2D eigenvalue weighted by molar-refractivity contribution is 0.0306. The standard InChI is InChI=1S/C24H31N5O2S2/c1-27(2)19-8-6-17(7-9-19)22-14-23(28(3)26-22)21-16-29-11-10-18(21)13-20(29)15-25-33(30,31)24-5-4-12-32-24/h4-9,12,14,18,20-21,25H,10-11,13,15-16H2,1-3H3/t18-,20+,21-/m0/s1. The SMILES string of the molecule is CN(C)c1ccc(-c2cc([C@H]3CN4CC[C@H]3C[C@@H]4CNS(=O)(=O)c3cccs3)n(C)n2)cc1. The predicted octanol–water partition coefficient (Wildman–Crippen LogP) is 3.37. The van der Waals surface area contributed by atoms with Gasteiger partial charge in [0.2, 0.25) is 10.0 Å².